The van der Waals surface area contributed by atoms with Crippen LogP contribution in [0.4, 0.5) is 5.69 Å². The Morgan fingerprint density at radius 2 is 2.00 bits per heavy atom. The molecule has 0 aliphatic carbocycles. The molecule has 0 aliphatic heterocycles. The summed E-state index contributed by atoms with van der Waals surface area (Å²) in [6, 6.07) is 7.46. The van der Waals surface area contributed by atoms with Crippen LogP contribution in [0.5, 0.6) is 5.75 Å². The van der Waals surface area contributed by atoms with Crippen molar-refractivity contribution in [1.29, 1.82) is 0 Å². The van der Waals surface area contributed by atoms with E-state index < -0.39 is 0 Å². The fourth-order valence-electron chi connectivity index (χ4n) is 1.16. The molecular formula is C12H19N3O2. The van der Waals surface area contributed by atoms with Crippen molar-refractivity contribution >= 4 is 11.6 Å². The third kappa shape index (κ3) is 4.74. The number of benzene rings is 1. The van der Waals surface area contributed by atoms with Gasteiger partial charge in [-0.15, -0.1) is 0 Å². The number of aliphatic imine (C=N–C) groups is 1. The fraction of sp³-hybridized carbons (Fsp3) is 0.417. The van der Waals surface area contributed by atoms with E-state index >= 15 is 0 Å². The number of guanidine groups is 1. The van der Waals surface area contributed by atoms with Crippen molar-refractivity contribution in [2.24, 2.45) is 10.7 Å². The van der Waals surface area contributed by atoms with Gasteiger partial charge in [-0.1, -0.05) is 0 Å². The second kappa shape index (κ2) is 6.75. The van der Waals surface area contributed by atoms with Crippen LogP contribution in [-0.4, -0.2) is 32.8 Å². The van der Waals surface area contributed by atoms with Crippen LogP contribution in [0.25, 0.3) is 0 Å². The van der Waals surface area contributed by atoms with Gasteiger partial charge in [-0.05, 0) is 31.2 Å². The molecular weight excluding hydrogens is 218 g/mol. The van der Waals surface area contributed by atoms with Gasteiger partial charge in [0, 0.05) is 12.8 Å². The van der Waals surface area contributed by atoms with Gasteiger partial charge in [-0.3, -0.25) is 4.99 Å². The van der Waals surface area contributed by atoms with Crippen LogP contribution in [-0.2, 0) is 4.74 Å². The van der Waals surface area contributed by atoms with Crippen molar-refractivity contribution in [3.8, 4) is 5.75 Å². The van der Waals surface area contributed by atoms with E-state index in [1.165, 1.54) is 0 Å². The molecule has 17 heavy (non-hydrogen) atoms. The van der Waals surface area contributed by atoms with E-state index in [0.29, 0.717) is 12.5 Å². The van der Waals surface area contributed by atoms with E-state index in [4.69, 9.17) is 15.2 Å². The molecule has 1 aromatic rings. The van der Waals surface area contributed by atoms with Crippen molar-refractivity contribution in [3.63, 3.8) is 0 Å². The highest BCUT2D eigenvalue weighted by Gasteiger charge is 1.99. The Morgan fingerprint density at radius 1 is 1.35 bits per heavy atom. The summed E-state index contributed by atoms with van der Waals surface area (Å²) in [6.45, 7) is 2.47. The molecule has 0 aromatic heterocycles. The van der Waals surface area contributed by atoms with Gasteiger partial charge in [0.1, 0.15) is 5.75 Å². The molecule has 1 aromatic carbocycles. The van der Waals surface area contributed by atoms with Crippen LogP contribution >= 0.6 is 0 Å². The lowest BCUT2D eigenvalue weighted by molar-refractivity contribution is 0.125. The number of rotatable bonds is 5. The molecule has 0 aliphatic rings. The van der Waals surface area contributed by atoms with Gasteiger partial charge in [0.2, 0.25) is 0 Å². The Hall–Kier alpha value is -1.75. The number of hydrogen-bond donors (Lipinski definition) is 2. The Bertz CT molecular complexity index is 363. The predicted octanol–water partition coefficient (Wildman–Crippen LogP) is 1.46. The minimum atomic E-state index is 0.0613. The van der Waals surface area contributed by atoms with Crippen molar-refractivity contribution in [3.05, 3.63) is 24.3 Å². The maximum atomic E-state index is 5.73. The van der Waals surface area contributed by atoms with Crippen molar-refractivity contribution < 1.29 is 9.47 Å². The summed E-state index contributed by atoms with van der Waals surface area (Å²) in [5.74, 6) is 1.18. The predicted molar refractivity (Wildman–Crippen MR) is 69.6 cm³/mol. The topological polar surface area (TPSA) is 68.9 Å². The third-order valence-electron chi connectivity index (χ3n) is 2.28. The van der Waals surface area contributed by atoms with Gasteiger partial charge >= 0.3 is 0 Å². The number of methoxy groups -OCH3 is 2. The zero-order valence-electron chi connectivity index (χ0n) is 10.4. The third-order valence-corrected chi connectivity index (χ3v) is 2.28. The molecule has 0 saturated heterocycles. The average molecular weight is 237 g/mol. The van der Waals surface area contributed by atoms with E-state index in [1.807, 2.05) is 31.2 Å². The lowest BCUT2D eigenvalue weighted by atomic mass is 10.3. The number of ether oxygens (including phenoxy) is 2. The van der Waals surface area contributed by atoms with E-state index in [9.17, 15) is 0 Å². The number of nitrogens with zero attached hydrogens (tertiary/aromatic N) is 1. The zero-order valence-corrected chi connectivity index (χ0v) is 10.4. The van der Waals surface area contributed by atoms with E-state index in [0.717, 1.165) is 11.4 Å². The van der Waals surface area contributed by atoms with Crippen LogP contribution in [0.1, 0.15) is 6.92 Å². The summed E-state index contributed by atoms with van der Waals surface area (Å²) >= 11 is 0. The summed E-state index contributed by atoms with van der Waals surface area (Å²) < 4.78 is 10.1. The minimum Gasteiger partial charge on any atom is -0.497 e. The average Bonchev–Trinajstić information content (AvgIpc) is 2.36. The van der Waals surface area contributed by atoms with Gasteiger partial charge in [0.25, 0.3) is 0 Å². The van der Waals surface area contributed by atoms with Gasteiger partial charge < -0.3 is 20.5 Å². The molecule has 0 radical (unpaired) electrons. The first-order chi connectivity index (χ1) is 8.15. The van der Waals surface area contributed by atoms with Crippen LogP contribution in [0.3, 0.4) is 0 Å². The first-order valence-electron chi connectivity index (χ1n) is 5.39. The Morgan fingerprint density at radius 3 is 2.53 bits per heavy atom. The molecule has 1 atom stereocenters. The number of nitrogens with one attached hydrogen (secondary N) is 1. The molecule has 0 saturated carbocycles. The zero-order chi connectivity index (χ0) is 12.7. The maximum Gasteiger partial charge on any atom is 0.193 e. The SMILES string of the molecule is COc1ccc(NC(N)=NCC(C)OC)cc1. The normalized spacial score (nSPS) is 13.2. The quantitative estimate of drug-likeness (QED) is 0.601. The molecule has 3 N–H and O–H groups in total. The molecule has 0 spiro atoms. The van der Waals surface area contributed by atoms with Gasteiger partial charge in [-0.25, -0.2) is 0 Å². The minimum absolute atomic E-state index is 0.0613. The monoisotopic (exact) mass is 237 g/mol. The molecule has 94 valence electrons. The highest BCUT2D eigenvalue weighted by atomic mass is 16.5. The van der Waals surface area contributed by atoms with Gasteiger partial charge in [0.15, 0.2) is 5.96 Å². The highest BCUT2D eigenvalue weighted by Crippen LogP contribution is 2.14. The Labute approximate surface area is 102 Å². The second-order valence-corrected chi connectivity index (χ2v) is 3.63. The van der Waals surface area contributed by atoms with Crippen LogP contribution < -0.4 is 15.8 Å². The smallest absolute Gasteiger partial charge is 0.193 e. The first kappa shape index (κ1) is 13.3. The molecule has 0 amide bonds. The van der Waals surface area contributed by atoms with E-state index in [-0.39, 0.29) is 6.10 Å². The van der Waals surface area contributed by atoms with E-state index in [1.54, 1.807) is 14.2 Å². The summed E-state index contributed by atoms with van der Waals surface area (Å²) in [4.78, 5) is 4.16. The largest absolute Gasteiger partial charge is 0.497 e. The van der Waals surface area contributed by atoms with Gasteiger partial charge in [0.05, 0.1) is 19.8 Å². The summed E-state index contributed by atoms with van der Waals surface area (Å²) in [6.07, 6.45) is 0.0613. The van der Waals surface area contributed by atoms with Crippen LogP contribution in [0.15, 0.2) is 29.3 Å². The molecule has 0 bridgehead atoms. The molecule has 0 heterocycles. The number of nitrogens with two attached hydrogens (primary N) is 1. The van der Waals surface area contributed by atoms with E-state index in [2.05, 4.69) is 10.3 Å². The Kier molecular flexibility index (Phi) is 5.29. The molecule has 5 heteroatoms. The standard InChI is InChI=1S/C12H19N3O2/c1-9(16-2)8-14-12(13)15-10-4-6-11(17-3)7-5-10/h4-7,9H,8H2,1-3H3,(H3,13,14,15). The molecule has 5 nitrogen and oxygen atoms in total. The fourth-order valence-corrected chi connectivity index (χ4v) is 1.16. The second-order valence-electron chi connectivity index (χ2n) is 3.63. The Balaban J connectivity index is 2.52. The maximum absolute atomic E-state index is 5.73. The molecule has 1 rings (SSSR count). The molecule has 0 fully saturated rings. The summed E-state index contributed by atoms with van der Waals surface area (Å²) in [7, 11) is 3.28. The highest BCUT2D eigenvalue weighted by molar-refractivity contribution is 5.92. The first-order valence-corrected chi connectivity index (χ1v) is 5.39. The van der Waals surface area contributed by atoms with Crippen LogP contribution in [0, 0.1) is 0 Å². The van der Waals surface area contributed by atoms with Crippen LogP contribution in [0.2, 0.25) is 0 Å². The van der Waals surface area contributed by atoms with Gasteiger partial charge in [-0.2, -0.15) is 0 Å². The lowest BCUT2D eigenvalue weighted by Gasteiger charge is -2.08. The van der Waals surface area contributed by atoms with Crippen molar-refractivity contribution in [2.75, 3.05) is 26.1 Å². The molecule has 1 unspecified atom stereocenters. The summed E-state index contributed by atoms with van der Waals surface area (Å²) in [5.41, 5.74) is 6.60. The van der Waals surface area contributed by atoms with Crippen molar-refractivity contribution in [1.82, 2.24) is 0 Å². The van der Waals surface area contributed by atoms with Crippen molar-refractivity contribution in [2.45, 2.75) is 13.0 Å². The number of hydrogen-bond acceptors (Lipinski definition) is 3. The number of anilines is 1. The lowest BCUT2D eigenvalue weighted by Crippen LogP contribution is -2.24. The summed E-state index contributed by atoms with van der Waals surface area (Å²) in [5, 5.41) is 2.99.